The number of hydrogen-bond donors (Lipinski definition) is 2. The van der Waals surface area contributed by atoms with Gasteiger partial charge in [0.1, 0.15) is 5.82 Å². The Morgan fingerprint density at radius 3 is 2.76 bits per heavy atom. The molecule has 2 N–H and O–H groups in total. The molecular weight excluding hydrogens is 274 g/mol. The molecule has 21 heavy (non-hydrogen) atoms. The molecule has 0 aliphatic rings. The summed E-state index contributed by atoms with van der Waals surface area (Å²) in [5, 5.41) is 11.6. The predicted octanol–water partition coefficient (Wildman–Crippen LogP) is 1.18. The van der Waals surface area contributed by atoms with Crippen molar-refractivity contribution in [3.05, 3.63) is 42.2 Å². The fourth-order valence-electron chi connectivity index (χ4n) is 1.72. The standard InChI is InChI=1S/C13H15N5O3/c1-17-7-6-14-10(17)8-18(2)13(21)16-9-4-3-5-15-11(9)12(19)20/h3-7H,8H2,1-2H3,(H,16,21)(H,19,20). The Kier molecular flexibility index (Phi) is 4.17. The molecule has 8 nitrogen and oxygen atoms in total. The summed E-state index contributed by atoms with van der Waals surface area (Å²) in [6, 6.07) is 2.61. The zero-order valence-electron chi connectivity index (χ0n) is 11.6. The molecule has 0 atom stereocenters. The summed E-state index contributed by atoms with van der Waals surface area (Å²) in [4.78, 5) is 32.4. The third-order valence-corrected chi connectivity index (χ3v) is 2.90. The third kappa shape index (κ3) is 3.35. The van der Waals surface area contributed by atoms with Gasteiger partial charge in [0, 0.05) is 32.7 Å². The molecule has 0 saturated carbocycles. The smallest absolute Gasteiger partial charge is 0.356 e. The SMILES string of the molecule is CN(Cc1nccn1C)C(=O)Nc1cccnc1C(=O)O. The number of rotatable bonds is 4. The van der Waals surface area contributed by atoms with E-state index in [1.165, 1.54) is 17.2 Å². The molecule has 0 saturated heterocycles. The van der Waals surface area contributed by atoms with Gasteiger partial charge >= 0.3 is 12.0 Å². The number of nitrogens with one attached hydrogen (secondary N) is 1. The second-order valence-electron chi connectivity index (χ2n) is 4.45. The minimum absolute atomic E-state index is 0.154. The van der Waals surface area contributed by atoms with E-state index in [-0.39, 0.29) is 11.4 Å². The van der Waals surface area contributed by atoms with E-state index < -0.39 is 12.0 Å². The first-order valence-electron chi connectivity index (χ1n) is 6.15. The van der Waals surface area contributed by atoms with Crippen molar-refractivity contribution >= 4 is 17.7 Å². The Bertz CT molecular complexity index is 667. The van der Waals surface area contributed by atoms with Crippen LogP contribution in [0.5, 0.6) is 0 Å². The number of carbonyl (C=O) groups excluding carboxylic acids is 1. The molecule has 0 bridgehead atoms. The number of aryl methyl sites for hydroxylation is 1. The number of aromatic carboxylic acids is 1. The van der Waals surface area contributed by atoms with Gasteiger partial charge in [-0.2, -0.15) is 0 Å². The van der Waals surface area contributed by atoms with Crippen molar-refractivity contribution in [1.29, 1.82) is 0 Å². The van der Waals surface area contributed by atoms with Crippen molar-refractivity contribution in [3.63, 3.8) is 0 Å². The Labute approximate surface area is 121 Å². The molecule has 0 aliphatic carbocycles. The zero-order chi connectivity index (χ0) is 15.4. The lowest BCUT2D eigenvalue weighted by Crippen LogP contribution is -2.32. The summed E-state index contributed by atoms with van der Waals surface area (Å²) < 4.78 is 1.80. The highest BCUT2D eigenvalue weighted by atomic mass is 16.4. The molecule has 2 aromatic heterocycles. The molecule has 0 unspecified atom stereocenters. The van der Waals surface area contributed by atoms with Crippen LogP contribution in [0.15, 0.2) is 30.7 Å². The highest BCUT2D eigenvalue weighted by molar-refractivity contribution is 5.98. The van der Waals surface area contributed by atoms with Gasteiger partial charge in [-0.25, -0.2) is 19.6 Å². The fourth-order valence-corrected chi connectivity index (χ4v) is 1.72. The number of carbonyl (C=O) groups is 2. The number of nitrogens with zero attached hydrogens (tertiary/aromatic N) is 4. The lowest BCUT2D eigenvalue weighted by molar-refractivity contribution is 0.0691. The maximum absolute atomic E-state index is 12.1. The van der Waals surface area contributed by atoms with Crippen molar-refractivity contribution < 1.29 is 14.7 Å². The lowest BCUT2D eigenvalue weighted by atomic mass is 10.3. The first-order chi connectivity index (χ1) is 9.99. The first kappa shape index (κ1) is 14.5. The van der Waals surface area contributed by atoms with E-state index in [9.17, 15) is 9.59 Å². The third-order valence-electron chi connectivity index (χ3n) is 2.90. The molecular formula is C13H15N5O3. The topological polar surface area (TPSA) is 100 Å². The number of urea groups is 1. The molecule has 0 fully saturated rings. The zero-order valence-corrected chi connectivity index (χ0v) is 11.6. The van der Waals surface area contributed by atoms with Gasteiger partial charge in [0.05, 0.1) is 12.2 Å². The van der Waals surface area contributed by atoms with Crippen LogP contribution < -0.4 is 5.32 Å². The Balaban J connectivity index is 2.08. The molecule has 0 radical (unpaired) electrons. The highest BCUT2D eigenvalue weighted by Crippen LogP contribution is 2.13. The van der Waals surface area contributed by atoms with E-state index in [1.54, 1.807) is 30.1 Å². The maximum atomic E-state index is 12.1. The number of imidazole rings is 1. The van der Waals surface area contributed by atoms with Crippen LogP contribution in [0.25, 0.3) is 0 Å². The van der Waals surface area contributed by atoms with Gasteiger partial charge in [-0.3, -0.25) is 0 Å². The maximum Gasteiger partial charge on any atom is 0.356 e. The van der Waals surface area contributed by atoms with Crippen LogP contribution in [0.3, 0.4) is 0 Å². The van der Waals surface area contributed by atoms with E-state index in [0.717, 1.165) is 5.82 Å². The molecule has 0 aliphatic heterocycles. The number of carboxylic acid groups (broad SMARTS) is 1. The number of carboxylic acids is 1. The Morgan fingerprint density at radius 2 is 2.14 bits per heavy atom. The van der Waals surface area contributed by atoms with Gasteiger partial charge in [0.2, 0.25) is 0 Å². The van der Waals surface area contributed by atoms with Gasteiger partial charge in [-0.1, -0.05) is 0 Å². The molecule has 2 aromatic rings. The van der Waals surface area contributed by atoms with Crippen LogP contribution in [0.1, 0.15) is 16.3 Å². The van der Waals surface area contributed by atoms with Gasteiger partial charge < -0.3 is 19.9 Å². The van der Waals surface area contributed by atoms with Crippen LogP contribution in [-0.4, -0.2) is 43.6 Å². The summed E-state index contributed by atoms with van der Waals surface area (Å²) in [5.74, 6) is -0.477. The monoisotopic (exact) mass is 289 g/mol. The normalized spacial score (nSPS) is 10.2. The van der Waals surface area contributed by atoms with Gasteiger partial charge in [0.15, 0.2) is 5.69 Å². The van der Waals surface area contributed by atoms with Crippen LogP contribution >= 0.6 is 0 Å². The van der Waals surface area contributed by atoms with Crippen molar-refractivity contribution in [2.45, 2.75) is 6.54 Å². The molecule has 8 heteroatoms. The average Bonchev–Trinajstić information content (AvgIpc) is 2.84. The van der Waals surface area contributed by atoms with Crippen LogP contribution in [0.4, 0.5) is 10.5 Å². The van der Waals surface area contributed by atoms with E-state index in [1.807, 2.05) is 7.05 Å². The van der Waals surface area contributed by atoms with E-state index in [2.05, 4.69) is 15.3 Å². The second-order valence-corrected chi connectivity index (χ2v) is 4.45. The number of hydrogen-bond acceptors (Lipinski definition) is 4. The highest BCUT2D eigenvalue weighted by Gasteiger charge is 2.16. The lowest BCUT2D eigenvalue weighted by Gasteiger charge is -2.18. The van der Waals surface area contributed by atoms with Crippen molar-refractivity contribution in [3.8, 4) is 0 Å². The minimum atomic E-state index is -1.20. The summed E-state index contributed by atoms with van der Waals surface area (Å²) in [5.41, 5.74) is -0.0436. The molecule has 2 amide bonds. The summed E-state index contributed by atoms with van der Waals surface area (Å²) in [6.07, 6.45) is 4.78. The molecule has 0 spiro atoms. The van der Waals surface area contributed by atoms with Gasteiger partial charge in [0.25, 0.3) is 0 Å². The second kappa shape index (κ2) is 6.04. The number of amides is 2. The molecule has 0 aromatic carbocycles. The number of aromatic nitrogens is 3. The van der Waals surface area contributed by atoms with E-state index in [0.29, 0.717) is 6.54 Å². The summed E-state index contributed by atoms with van der Waals surface area (Å²) in [7, 11) is 3.43. The Morgan fingerprint density at radius 1 is 1.38 bits per heavy atom. The van der Waals surface area contributed by atoms with Gasteiger partial charge in [-0.15, -0.1) is 0 Å². The molecule has 2 heterocycles. The van der Waals surface area contributed by atoms with Crippen molar-refractivity contribution in [1.82, 2.24) is 19.4 Å². The first-order valence-corrected chi connectivity index (χ1v) is 6.15. The average molecular weight is 289 g/mol. The van der Waals surface area contributed by atoms with E-state index in [4.69, 9.17) is 5.11 Å². The van der Waals surface area contributed by atoms with Crippen molar-refractivity contribution in [2.24, 2.45) is 7.05 Å². The Hall–Kier alpha value is -2.90. The molecule has 2 rings (SSSR count). The van der Waals surface area contributed by atoms with Crippen LogP contribution in [-0.2, 0) is 13.6 Å². The quantitative estimate of drug-likeness (QED) is 0.880. The van der Waals surface area contributed by atoms with Crippen LogP contribution in [0, 0.1) is 0 Å². The largest absolute Gasteiger partial charge is 0.476 e. The predicted molar refractivity (Wildman–Crippen MR) is 74.9 cm³/mol. The van der Waals surface area contributed by atoms with Crippen LogP contribution in [0.2, 0.25) is 0 Å². The minimum Gasteiger partial charge on any atom is -0.476 e. The van der Waals surface area contributed by atoms with Gasteiger partial charge in [-0.05, 0) is 12.1 Å². The molecule has 110 valence electrons. The number of pyridine rings is 1. The van der Waals surface area contributed by atoms with E-state index >= 15 is 0 Å². The fraction of sp³-hybridized carbons (Fsp3) is 0.231. The summed E-state index contributed by atoms with van der Waals surface area (Å²) >= 11 is 0. The van der Waals surface area contributed by atoms with Crippen molar-refractivity contribution in [2.75, 3.05) is 12.4 Å². The number of anilines is 1. The summed E-state index contributed by atoms with van der Waals surface area (Å²) in [6.45, 7) is 0.304.